The summed E-state index contributed by atoms with van der Waals surface area (Å²) >= 11 is 5.58. The molecule has 2 nitrogen and oxygen atoms in total. The first-order valence-corrected chi connectivity index (χ1v) is 12.3. The van der Waals surface area contributed by atoms with Gasteiger partial charge in [0.2, 0.25) is 0 Å². The van der Waals surface area contributed by atoms with Crippen LogP contribution in [0, 0.1) is 3.57 Å². The van der Waals surface area contributed by atoms with Crippen molar-refractivity contribution in [2.24, 2.45) is 0 Å². The molecular weight excluding hydrogens is 571 g/mol. The third-order valence-corrected chi connectivity index (χ3v) is 7.95. The Bertz CT molecular complexity index is 1110. The summed E-state index contributed by atoms with van der Waals surface area (Å²) in [6, 6.07) is 34.2. The lowest BCUT2D eigenvalue weighted by Gasteiger charge is -2.09. The normalized spacial score (nSPS) is 10.8. The van der Waals surface area contributed by atoms with E-state index in [0.717, 1.165) is 12.9 Å². The number of benzene rings is 4. The minimum atomic E-state index is -0.360. The molecule has 0 N–H and O–H groups in total. The highest BCUT2D eigenvalue weighted by molar-refractivity contribution is 14.1. The number of halogens is 2. The molecule has 0 spiro atoms. The summed E-state index contributed by atoms with van der Waals surface area (Å²) in [6.45, 7) is 0. The molecule has 0 radical (unpaired) electrons. The quantitative estimate of drug-likeness (QED) is 0.105. The van der Waals surface area contributed by atoms with E-state index >= 15 is 0 Å². The Labute approximate surface area is 200 Å². The molecule has 4 aromatic rings. The van der Waals surface area contributed by atoms with E-state index < -0.39 is 0 Å². The summed E-state index contributed by atoms with van der Waals surface area (Å²) in [5.41, 5.74) is 0.530. The Hall–Kier alpha value is -2.09. The van der Waals surface area contributed by atoms with Gasteiger partial charge in [0.1, 0.15) is 5.75 Å². The van der Waals surface area contributed by atoms with Crippen molar-refractivity contribution in [3.05, 3.63) is 117 Å². The third kappa shape index (κ3) is 4.96. The molecule has 0 aromatic heterocycles. The molecule has 0 unspecified atom stereocenters. The zero-order valence-electron chi connectivity index (χ0n) is 15.8. The van der Waals surface area contributed by atoms with E-state index in [4.69, 9.17) is 4.74 Å². The van der Waals surface area contributed by atoms with Crippen molar-refractivity contribution in [3.63, 3.8) is 0 Å². The van der Waals surface area contributed by atoms with Crippen LogP contribution in [-0.4, -0.2) is 5.97 Å². The summed E-state index contributed by atoms with van der Waals surface area (Å²) in [6.07, 6.45) is 0. The van der Waals surface area contributed by atoms with Gasteiger partial charge in [0, 0.05) is 4.47 Å². The summed E-state index contributed by atoms with van der Waals surface area (Å²) in [5, 5.41) is 0. The van der Waals surface area contributed by atoms with Gasteiger partial charge < -0.3 is 4.74 Å². The fourth-order valence-electron chi connectivity index (χ4n) is 2.97. The summed E-state index contributed by atoms with van der Waals surface area (Å²) < 4.78 is 7.42. The monoisotopic (exact) mass is 587 g/mol. The molecule has 0 heterocycles. The van der Waals surface area contributed by atoms with Crippen molar-refractivity contribution >= 4 is 55.4 Å². The van der Waals surface area contributed by atoms with Crippen LogP contribution in [0.3, 0.4) is 0 Å². The first-order valence-electron chi connectivity index (χ1n) is 9.23. The number of hydrogen-bond acceptors (Lipinski definition) is 2. The molecule has 4 rings (SSSR count). The van der Waals surface area contributed by atoms with Crippen molar-refractivity contribution in [1.29, 1.82) is 0 Å². The zero-order chi connectivity index (χ0) is 20.9. The first-order chi connectivity index (χ1) is 14.6. The van der Waals surface area contributed by atoms with E-state index in [2.05, 4.69) is 87.1 Å². The molecule has 5 heteroatoms. The van der Waals surface area contributed by atoms with Crippen LogP contribution >= 0.6 is 38.5 Å². The lowest BCUT2D eigenvalue weighted by atomic mass is 10.2. The van der Waals surface area contributed by atoms with Gasteiger partial charge in [0.15, 0.2) is 14.7 Å². The Morgan fingerprint density at radius 3 is 1.80 bits per heavy atom. The van der Waals surface area contributed by atoms with Crippen molar-refractivity contribution in [2.45, 2.75) is 14.7 Å². The second-order valence-electron chi connectivity index (χ2n) is 6.42. The van der Waals surface area contributed by atoms with Crippen LogP contribution in [0.1, 0.15) is 10.4 Å². The Balaban J connectivity index is 1.61. The maximum absolute atomic E-state index is 12.6. The van der Waals surface area contributed by atoms with Gasteiger partial charge in [-0.1, -0.05) is 52.3 Å². The number of ether oxygens (including phenoxy) is 1. The first kappa shape index (κ1) is 21.2. The smallest absolute Gasteiger partial charge is 0.343 e. The minimum Gasteiger partial charge on any atom is -0.422 e. The van der Waals surface area contributed by atoms with Crippen molar-refractivity contribution in [2.75, 3.05) is 0 Å². The van der Waals surface area contributed by atoms with Crippen molar-refractivity contribution < 1.29 is 9.53 Å². The van der Waals surface area contributed by atoms with Gasteiger partial charge in [-0.3, -0.25) is 0 Å². The van der Waals surface area contributed by atoms with E-state index in [1.165, 1.54) is 9.79 Å². The summed E-state index contributed by atoms with van der Waals surface area (Å²) in [4.78, 5) is 16.3. The Kier molecular flexibility index (Phi) is 6.92. The highest BCUT2D eigenvalue weighted by Crippen LogP contribution is 2.31. The molecular formula is C25H17BrIO2S+. The van der Waals surface area contributed by atoms with E-state index in [0.29, 0.717) is 11.3 Å². The number of hydrogen-bond donors (Lipinski definition) is 0. The number of carbonyl (C=O) groups is 1. The molecule has 0 fully saturated rings. The van der Waals surface area contributed by atoms with Gasteiger partial charge in [-0.25, -0.2) is 4.79 Å². The van der Waals surface area contributed by atoms with Crippen molar-refractivity contribution in [1.82, 2.24) is 0 Å². The topological polar surface area (TPSA) is 26.3 Å². The van der Waals surface area contributed by atoms with Crippen LogP contribution < -0.4 is 4.74 Å². The largest absolute Gasteiger partial charge is 0.422 e. The molecule has 0 aliphatic carbocycles. The summed E-state index contributed by atoms with van der Waals surface area (Å²) in [5.74, 6) is 0.197. The lowest BCUT2D eigenvalue weighted by molar-refractivity contribution is 0.0733. The number of esters is 1. The maximum atomic E-state index is 12.6. The van der Waals surface area contributed by atoms with E-state index in [9.17, 15) is 4.79 Å². The van der Waals surface area contributed by atoms with Gasteiger partial charge in [-0.05, 0) is 89.3 Å². The molecule has 4 aromatic carbocycles. The molecule has 0 saturated carbocycles. The predicted octanol–water partition coefficient (Wildman–Crippen LogP) is 7.37. The van der Waals surface area contributed by atoms with Gasteiger partial charge in [-0.2, -0.15) is 0 Å². The zero-order valence-corrected chi connectivity index (χ0v) is 20.4. The molecule has 148 valence electrons. The highest BCUT2D eigenvalue weighted by Gasteiger charge is 2.28. The SMILES string of the molecule is O=C(Oc1ccc(Br)cc1I)c1ccc([S+](c2ccccc2)c2ccccc2)cc1. The predicted molar refractivity (Wildman–Crippen MR) is 133 cm³/mol. The van der Waals surface area contributed by atoms with Crippen LogP contribution in [-0.2, 0) is 10.9 Å². The lowest BCUT2D eigenvalue weighted by Crippen LogP contribution is -2.10. The Morgan fingerprint density at radius 2 is 1.27 bits per heavy atom. The standard InChI is InChI=1S/C25H17BrIO2S/c26-19-13-16-24(23(27)17-19)29-25(28)18-11-14-22(15-12-18)30(20-7-3-1-4-8-20)21-9-5-2-6-10-21/h1-17H/q+1. The van der Waals surface area contributed by atoms with Gasteiger partial charge in [0.05, 0.1) is 20.0 Å². The molecule has 0 bridgehead atoms. The average Bonchev–Trinajstić information content (AvgIpc) is 2.78. The molecule has 30 heavy (non-hydrogen) atoms. The third-order valence-electron chi connectivity index (χ3n) is 4.38. The van der Waals surface area contributed by atoms with Crippen LogP contribution in [0.5, 0.6) is 5.75 Å². The van der Waals surface area contributed by atoms with E-state index in [1.54, 1.807) is 6.07 Å². The molecule has 0 amide bonds. The van der Waals surface area contributed by atoms with Crippen LogP contribution in [0.2, 0.25) is 0 Å². The van der Waals surface area contributed by atoms with Gasteiger partial charge in [0.25, 0.3) is 0 Å². The molecule has 0 aliphatic heterocycles. The van der Waals surface area contributed by atoms with Gasteiger partial charge >= 0.3 is 5.97 Å². The molecule has 0 atom stereocenters. The highest BCUT2D eigenvalue weighted by atomic mass is 127. The van der Waals surface area contributed by atoms with Crippen molar-refractivity contribution in [3.8, 4) is 5.75 Å². The number of rotatable bonds is 5. The fourth-order valence-corrected chi connectivity index (χ4v) is 6.46. The average molecular weight is 588 g/mol. The fraction of sp³-hybridized carbons (Fsp3) is 0. The molecule has 0 aliphatic rings. The second-order valence-corrected chi connectivity index (χ2v) is 10.5. The summed E-state index contributed by atoms with van der Waals surface area (Å²) in [7, 11) is -0.239. The van der Waals surface area contributed by atoms with Crippen LogP contribution in [0.15, 0.2) is 122 Å². The van der Waals surface area contributed by atoms with Gasteiger partial charge in [-0.15, -0.1) is 0 Å². The van der Waals surface area contributed by atoms with Crippen LogP contribution in [0.25, 0.3) is 0 Å². The van der Waals surface area contributed by atoms with E-state index in [1.807, 2.05) is 48.5 Å². The Morgan fingerprint density at radius 1 is 0.733 bits per heavy atom. The minimum absolute atomic E-state index is 0.239. The van der Waals surface area contributed by atoms with E-state index in [-0.39, 0.29) is 16.9 Å². The molecule has 0 saturated heterocycles. The maximum Gasteiger partial charge on any atom is 0.343 e. The van der Waals surface area contributed by atoms with Crippen LogP contribution in [0.4, 0.5) is 0 Å². The number of carbonyl (C=O) groups excluding carboxylic acids is 1. The second kappa shape index (κ2) is 9.81.